The van der Waals surface area contributed by atoms with E-state index in [4.69, 9.17) is 4.74 Å². The van der Waals surface area contributed by atoms with E-state index < -0.39 is 0 Å². The Morgan fingerprint density at radius 2 is 1.73 bits per heavy atom. The maximum Gasteiger partial charge on any atom is 0.115 e. The number of phenolic OH excluding ortho intramolecular Hbond substituents is 1. The number of phenols is 1. The highest BCUT2D eigenvalue weighted by atomic mass is 16.5. The summed E-state index contributed by atoms with van der Waals surface area (Å²) < 4.78 is 6.63. The molecule has 3 heteroatoms. The molecule has 0 bridgehead atoms. The van der Waals surface area contributed by atoms with E-state index in [1.807, 2.05) is 12.1 Å². The number of aromatic hydroxyl groups is 1. The zero-order valence-corrected chi connectivity index (χ0v) is 12.8. The highest BCUT2D eigenvalue weighted by Crippen LogP contribution is 2.51. The fourth-order valence-corrected chi connectivity index (χ4v) is 3.76. The Morgan fingerprint density at radius 1 is 1.05 bits per heavy atom. The van der Waals surface area contributed by atoms with E-state index in [2.05, 4.69) is 36.2 Å². The molecule has 0 aromatic heterocycles. The van der Waals surface area contributed by atoms with E-state index >= 15 is 0 Å². The molecule has 0 saturated carbocycles. The Labute approximate surface area is 131 Å². The minimum atomic E-state index is -0.147. The van der Waals surface area contributed by atoms with Gasteiger partial charge in [0.15, 0.2) is 0 Å². The number of piperidine rings is 1. The molecule has 0 amide bonds. The Hall–Kier alpha value is -1.84. The zero-order valence-electron chi connectivity index (χ0n) is 12.8. The third-order valence-corrected chi connectivity index (χ3v) is 5.07. The number of likely N-dealkylation sites (tertiary alicyclic amines) is 1. The summed E-state index contributed by atoms with van der Waals surface area (Å²) in [5.74, 6) is 0.295. The lowest BCUT2D eigenvalue weighted by atomic mass is 9.83. The van der Waals surface area contributed by atoms with Crippen molar-refractivity contribution in [1.82, 2.24) is 4.90 Å². The average molecular weight is 295 g/mol. The van der Waals surface area contributed by atoms with Crippen molar-refractivity contribution >= 4 is 0 Å². The molecule has 1 N–H and O–H groups in total. The van der Waals surface area contributed by atoms with Crippen LogP contribution in [0.2, 0.25) is 0 Å². The van der Waals surface area contributed by atoms with Crippen LogP contribution in [0.25, 0.3) is 0 Å². The van der Waals surface area contributed by atoms with Crippen LogP contribution in [-0.2, 0) is 10.3 Å². The van der Waals surface area contributed by atoms with Crippen molar-refractivity contribution in [3.8, 4) is 5.75 Å². The van der Waals surface area contributed by atoms with Gasteiger partial charge >= 0.3 is 0 Å². The normalized spacial score (nSPS) is 23.6. The maximum absolute atomic E-state index is 9.52. The second kappa shape index (κ2) is 5.11. The van der Waals surface area contributed by atoms with Crippen molar-refractivity contribution in [3.05, 3.63) is 65.2 Å². The Kier molecular flexibility index (Phi) is 3.21. The van der Waals surface area contributed by atoms with Crippen molar-refractivity contribution in [2.75, 3.05) is 20.1 Å². The number of benzene rings is 2. The number of ether oxygens (including phenoxy) is 1. The van der Waals surface area contributed by atoms with Gasteiger partial charge in [0.05, 0.1) is 5.60 Å². The van der Waals surface area contributed by atoms with E-state index in [0.717, 1.165) is 31.5 Å². The third-order valence-electron chi connectivity index (χ3n) is 5.07. The molecule has 0 aliphatic carbocycles. The molecule has 0 radical (unpaired) electrons. The van der Waals surface area contributed by atoms with E-state index in [1.165, 1.54) is 11.1 Å². The summed E-state index contributed by atoms with van der Waals surface area (Å²) in [6, 6.07) is 16.0. The van der Waals surface area contributed by atoms with Crippen LogP contribution in [0.3, 0.4) is 0 Å². The van der Waals surface area contributed by atoms with Crippen LogP contribution in [0, 0.1) is 0 Å². The molecule has 2 aliphatic rings. The lowest BCUT2D eigenvalue weighted by molar-refractivity contribution is -0.0941. The molecule has 1 saturated heterocycles. The van der Waals surface area contributed by atoms with Gasteiger partial charge in [-0.2, -0.15) is 0 Å². The van der Waals surface area contributed by atoms with Crippen LogP contribution in [0.15, 0.2) is 48.5 Å². The minimum Gasteiger partial charge on any atom is -0.508 e. The van der Waals surface area contributed by atoms with E-state index in [9.17, 15) is 5.11 Å². The number of fused-ring (bicyclic) bond motifs is 2. The van der Waals surface area contributed by atoms with Gasteiger partial charge in [-0.25, -0.2) is 0 Å². The van der Waals surface area contributed by atoms with Crippen LogP contribution in [0.4, 0.5) is 0 Å². The highest BCUT2D eigenvalue weighted by molar-refractivity contribution is 5.44. The molecule has 2 aromatic carbocycles. The van der Waals surface area contributed by atoms with Crippen molar-refractivity contribution in [2.24, 2.45) is 0 Å². The Morgan fingerprint density at radius 3 is 2.45 bits per heavy atom. The van der Waals surface area contributed by atoms with Crippen molar-refractivity contribution in [3.63, 3.8) is 0 Å². The van der Waals surface area contributed by atoms with Gasteiger partial charge in [-0.1, -0.05) is 36.4 Å². The van der Waals surface area contributed by atoms with Crippen LogP contribution < -0.4 is 0 Å². The van der Waals surface area contributed by atoms with Gasteiger partial charge in [0.2, 0.25) is 0 Å². The predicted molar refractivity (Wildman–Crippen MR) is 85.9 cm³/mol. The predicted octanol–water partition coefficient (Wildman–Crippen LogP) is 3.43. The van der Waals surface area contributed by atoms with Crippen molar-refractivity contribution in [2.45, 2.75) is 24.5 Å². The first-order valence-electron chi connectivity index (χ1n) is 7.93. The SMILES string of the molecule is CN1CCC2(CC1)O[C@@H](c1ccc(O)cc1)c1ccccc12. The lowest BCUT2D eigenvalue weighted by Gasteiger charge is -2.38. The molecule has 0 unspecified atom stereocenters. The summed E-state index contributed by atoms with van der Waals surface area (Å²) in [6.07, 6.45) is 2.05. The highest BCUT2D eigenvalue weighted by Gasteiger charge is 2.46. The molecule has 2 aromatic rings. The summed E-state index contributed by atoms with van der Waals surface area (Å²) in [5.41, 5.74) is 3.59. The van der Waals surface area contributed by atoms with Crippen molar-refractivity contribution in [1.29, 1.82) is 0 Å². The first-order valence-corrected chi connectivity index (χ1v) is 7.93. The first kappa shape index (κ1) is 13.8. The Balaban J connectivity index is 1.75. The Bertz CT molecular complexity index is 672. The van der Waals surface area contributed by atoms with Gasteiger partial charge in [0, 0.05) is 13.1 Å². The monoisotopic (exact) mass is 295 g/mol. The topological polar surface area (TPSA) is 32.7 Å². The molecule has 4 rings (SSSR count). The van der Waals surface area contributed by atoms with E-state index in [-0.39, 0.29) is 11.7 Å². The number of rotatable bonds is 1. The largest absolute Gasteiger partial charge is 0.508 e. The number of nitrogens with zero attached hydrogens (tertiary/aromatic N) is 1. The number of hydrogen-bond donors (Lipinski definition) is 1. The van der Waals surface area contributed by atoms with Gasteiger partial charge in [-0.3, -0.25) is 0 Å². The van der Waals surface area contributed by atoms with Gasteiger partial charge in [-0.05, 0) is 48.7 Å². The standard InChI is InChI=1S/C19H21NO2/c1-20-12-10-19(11-13-20)17-5-3-2-4-16(17)18(22-19)14-6-8-15(21)9-7-14/h2-9,18,21H,10-13H2,1H3/t18-/m0/s1. The fourth-order valence-electron chi connectivity index (χ4n) is 3.76. The second-order valence-electron chi connectivity index (χ2n) is 6.47. The lowest BCUT2D eigenvalue weighted by Crippen LogP contribution is -2.40. The van der Waals surface area contributed by atoms with Crippen molar-refractivity contribution < 1.29 is 9.84 Å². The molecular formula is C19H21NO2. The summed E-state index contributed by atoms with van der Waals surface area (Å²) in [5, 5.41) is 9.52. The van der Waals surface area contributed by atoms with Crippen LogP contribution in [0.1, 0.15) is 35.6 Å². The molecule has 22 heavy (non-hydrogen) atoms. The second-order valence-corrected chi connectivity index (χ2v) is 6.47. The molecular weight excluding hydrogens is 274 g/mol. The van der Waals surface area contributed by atoms with Gasteiger partial charge in [0.25, 0.3) is 0 Å². The quantitative estimate of drug-likeness (QED) is 0.875. The zero-order chi connectivity index (χ0) is 15.2. The first-order chi connectivity index (χ1) is 10.7. The summed E-state index contributed by atoms with van der Waals surface area (Å²) in [7, 11) is 2.17. The smallest absolute Gasteiger partial charge is 0.115 e. The van der Waals surface area contributed by atoms with Crippen LogP contribution in [-0.4, -0.2) is 30.1 Å². The maximum atomic E-state index is 9.52. The van der Waals surface area contributed by atoms with Gasteiger partial charge < -0.3 is 14.7 Å². The van der Waals surface area contributed by atoms with Gasteiger partial charge in [-0.15, -0.1) is 0 Å². The molecule has 2 aliphatic heterocycles. The molecule has 1 fully saturated rings. The fraction of sp³-hybridized carbons (Fsp3) is 0.368. The van der Waals surface area contributed by atoms with E-state index in [1.54, 1.807) is 12.1 Å². The molecule has 2 heterocycles. The van der Waals surface area contributed by atoms with Crippen LogP contribution >= 0.6 is 0 Å². The summed E-state index contributed by atoms with van der Waals surface area (Å²) >= 11 is 0. The minimum absolute atomic E-state index is 0.0276. The molecule has 3 nitrogen and oxygen atoms in total. The molecule has 1 atom stereocenters. The molecule has 1 spiro atoms. The third kappa shape index (κ3) is 2.13. The van der Waals surface area contributed by atoms with E-state index in [0.29, 0.717) is 5.75 Å². The molecule has 114 valence electrons. The summed E-state index contributed by atoms with van der Waals surface area (Å²) in [4.78, 5) is 2.37. The van der Waals surface area contributed by atoms with Crippen LogP contribution in [0.5, 0.6) is 5.75 Å². The number of hydrogen-bond acceptors (Lipinski definition) is 3. The average Bonchev–Trinajstić information content (AvgIpc) is 2.87. The summed E-state index contributed by atoms with van der Waals surface area (Å²) in [6.45, 7) is 2.13. The van der Waals surface area contributed by atoms with Gasteiger partial charge in [0.1, 0.15) is 11.9 Å².